The van der Waals surface area contributed by atoms with E-state index in [4.69, 9.17) is 0 Å². The van der Waals surface area contributed by atoms with Crippen LogP contribution in [0.3, 0.4) is 0 Å². The van der Waals surface area contributed by atoms with Crippen LogP contribution in [0.25, 0.3) is 0 Å². The summed E-state index contributed by atoms with van der Waals surface area (Å²) in [6.45, 7) is 10.4. The van der Waals surface area contributed by atoms with Gasteiger partial charge < -0.3 is 10.6 Å². The molecular weight excluding hydrogens is 393 g/mol. The lowest BCUT2D eigenvalue weighted by molar-refractivity contribution is 0.647. The fraction of sp³-hybridized carbons (Fsp3) is 0.917. The first kappa shape index (κ1) is 21.8. The molecule has 0 aromatic heterocycles. The van der Waals surface area contributed by atoms with E-state index in [0.29, 0.717) is 12.3 Å². The van der Waals surface area contributed by atoms with Crippen LogP contribution in [0.1, 0.15) is 27.7 Å². The molecule has 0 radical (unpaired) electrons. The Kier molecular flexibility index (Phi) is 14.1. The molecule has 0 aromatic rings. The van der Waals surface area contributed by atoms with Crippen LogP contribution in [0, 0.1) is 0 Å². The number of guanidine groups is 1. The molecule has 116 valence electrons. The van der Waals surface area contributed by atoms with Gasteiger partial charge in [0.05, 0.1) is 6.54 Å². The molecule has 4 nitrogen and oxygen atoms in total. The first-order valence-electron chi connectivity index (χ1n) is 6.31. The molecule has 0 aromatic carbocycles. The molecule has 1 unspecified atom stereocenters. The largest absolute Gasteiger partial charge is 0.357 e. The Morgan fingerprint density at radius 2 is 1.95 bits per heavy atom. The van der Waals surface area contributed by atoms with Crippen LogP contribution in [-0.2, 0) is 10.8 Å². The minimum atomic E-state index is -0.814. The highest BCUT2D eigenvalue weighted by atomic mass is 127. The molecule has 0 aliphatic heterocycles. The highest BCUT2D eigenvalue weighted by Crippen LogP contribution is 2.10. The number of rotatable bonds is 7. The molecule has 0 saturated carbocycles. The number of halogens is 1. The van der Waals surface area contributed by atoms with Gasteiger partial charge in [-0.1, -0.05) is 0 Å². The smallest absolute Gasteiger partial charge is 0.191 e. The molecule has 7 heteroatoms. The van der Waals surface area contributed by atoms with E-state index in [0.717, 1.165) is 24.8 Å². The molecule has 0 aliphatic carbocycles. The third-order valence-electron chi connectivity index (χ3n) is 2.17. The molecule has 1 atom stereocenters. The third kappa shape index (κ3) is 12.0. The van der Waals surface area contributed by atoms with Crippen molar-refractivity contribution in [3.05, 3.63) is 0 Å². The summed E-state index contributed by atoms with van der Waals surface area (Å²) in [6, 6.07) is 0. The zero-order chi connectivity index (χ0) is 14.0. The van der Waals surface area contributed by atoms with Gasteiger partial charge in [0, 0.05) is 40.1 Å². The highest BCUT2D eigenvalue weighted by Gasteiger charge is 2.18. The van der Waals surface area contributed by atoms with E-state index < -0.39 is 10.8 Å². The summed E-state index contributed by atoms with van der Waals surface area (Å²) in [5.74, 6) is 2.48. The molecule has 0 saturated heterocycles. The van der Waals surface area contributed by atoms with Crippen LogP contribution in [0.15, 0.2) is 4.99 Å². The van der Waals surface area contributed by atoms with Gasteiger partial charge in [0.1, 0.15) is 0 Å². The number of nitrogens with zero attached hydrogens (tertiary/aromatic N) is 1. The Labute approximate surface area is 141 Å². The minimum absolute atomic E-state index is 0. The summed E-state index contributed by atoms with van der Waals surface area (Å²) in [5, 5.41) is 6.40. The second-order valence-corrected chi connectivity index (χ2v) is 8.15. The fourth-order valence-electron chi connectivity index (χ4n) is 1.16. The van der Waals surface area contributed by atoms with Gasteiger partial charge in [-0.15, -0.1) is 24.0 Å². The summed E-state index contributed by atoms with van der Waals surface area (Å²) in [4.78, 5) is 4.44. The van der Waals surface area contributed by atoms with Gasteiger partial charge in [0.25, 0.3) is 0 Å². The lowest BCUT2D eigenvalue weighted by Gasteiger charge is -2.18. The first-order chi connectivity index (χ1) is 8.41. The fourth-order valence-corrected chi connectivity index (χ4v) is 2.33. The average molecular weight is 421 g/mol. The van der Waals surface area contributed by atoms with Crippen molar-refractivity contribution in [2.24, 2.45) is 4.99 Å². The van der Waals surface area contributed by atoms with Crippen LogP contribution >= 0.6 is 35.7 Å². The van der Waals surface area contributed by atoms with E-state index in [-0.39, 0.29) is 28.7 Å². The third-order valence-corrected chi connectivity index (χ3v) is 4.70. The Bertz CT molecular complexity index is 281. The van der Waals surface area contributed by atoms with E-state index in [1.807, 2.05) is 27.7 Å². The number of thioether (sulfide) groups is 1. The van der Waals surface area contributed by atoms with Crippen molar-refractivity contribution in [2.75, 3.05) is 37.4 Å². The van der Waals surface area contributed by atoms with Crippen molar-refractivity contribution >= 4 is 52.5 Å². The molecule has 0 heterocycles. The van der Waals surface area contributed by atoms with Gasteiger partial charge in [-0.25, -0.2) is 0 Å². The van der Waals surface area contributed by atoms with Crippen LogP contribution in [-0.4, -0.2) is 52.3 Å². The Hall–Kier alpha value is 0.500. The second kappa shape index (κ2) is 12.3. The maximum absolute atomic E-state index is 11.9. The first-order valence-corrected chi connectivity index (χ1v) is 9.02. The molecule has 0 fully saturated rings. The minimum Gasteiger partial charge on any atom is -0.357 e. The van der Waals surface area contributed by atoms with Gasteiger partial charge in [0.2, 0.25) is 0 Å². The number of hydrogen-bond acceptors (Lipinski definition) is 3. The molecule has 19 heavy (non-hydrogen) atoms. The van der Waals surface area contributed by atoms with E-state index in [9.17, 15) is 4.21 Å². The average Bonchev–Trinajstić information content (AvgIpc) is 2.28. The normalized spacial score (nSPS) is 13.6. The Morgan fingerprint density at radius 3 is 2.42 bits per heavy atom. The van der Waals surface area contributed by atoms with Crippen LogP contribution in [0.4, 0.5) is 0 Å². The number of nitrogens with one attached hydrogen (secondary N) is 2. The lowest BCUT2D eigenvalue weighted by Crippen LogP contribution is -2.40. The van der Waals surface area contributed by atoms with E-state index in [1.165, 1.54) is 0 Å². The molecule has 0 bridgehead atoms. The van der Waals surface area contributed by atoms with Crippen molar-refractivity contribution in [1.29, 1.82) is 0 Å². The predicted molar refractivity (Wildman–Crippen MR) is 101 cm³/mol. The zero-order valence-electron chi connectivity index (χ0n) is 12.6. The summed E-state index contributed by atoms with van der Waals surface area (Å²) >= 11 is 1.78. The topological polar surface area (TPSA) is 53.5 Å². The van der Waals surface area contributed by atoms with E-state index in [1.54, 1.807) is 11.8 Å². The van der Waals surface area contributed by atoms with Gasteiger partial charge >= 0.3 is 0 Å². The molecule has 0 rings (SSSR count). The van der Waals surface area contributed by atoms with E-state index >= 15 is 0 Å². The van der Waals surface area contributed by atoms with Crippen LogP contribution in [0.5, 0.6) is 0 Å². The summed E-state index contributed by atoms with van der Waals surface area (Å²) in [6.07, 6.45) is 2.07. The van der Waals surface area contributed by atoms with Gasteiger partial charge in [-0.3, -0.25) is 9.20 Å². The van der Waals surface area contributed by atoms with Gasteiger partial charge in [-0.05, 0) is 34.0 Å². The van der Waals surface area contributed by atoms with Crippen LogP contribution < -0.4 is 10.6 Å². The Morgan fingerprint density at radius 1 is 1.32 bits per heavy atom. The number of hydrogen-bond donors (Lipinski definition) is 2. The second-order valence-electron chi connectivity index (χ2n) is 4.84. The molecule has 0 spiro atoms. The van der Waals surface area contributed by atoms with Crippen molar-refractivity contribution in [3.63, 3.8) is 0 Å². The van der Waals surface area contributed by atoms with Crippen molar-refractivity contribution in [2.45, 2.75) is 32.4 Å². The monoisotopic (exact) mass is 421 g/mol. The summed E-state index contributed by atoms with van der Waals surface area (Å²) in [5.41, 5.74) is 0. The van der Waals surface area contributed by atoms with Crippen molar-refractivity contribution < 1.29 is 4.21 Å². The van der Waals surface area contributed by atoms with Gasteiger partial charge in [0.15, 0.2) is 5.96 Å². The summed E-state index contributed by atoms with van der Waals surface area (Å²) in [7, 11) is -0.814. The summed E-state index contributed by atoms with van der Waals surface area (Å²) < 4.78 is 11.7. The molecule has 0 aliphatic rings. The van der Waals surface area contributed by atoms with Crippen LogP contribution in [0.2, 0.25) is 0 Å². The maximum Gasteiger partial charge on any atom is 0.191 e. The van der Waals surface area contributed by atoms with Gasteiger partial charge in [-0.2, -0.15) is 11.8 Å². The van der Waals surface area contributed by atoms with Crippen molar-refractivity contribution in [1.82, 2.24) is 10.6 Å². The molecule has 2 N–H and O–H groups in total. The number of aliphatic imine (C=N–C) groups is 1. The zero-order valence-corrected chi connectivity index (χ0v) is 16.6. The standard InChI is InChI=1S/C12H27N3OS2.HI/c1-6-13-11(14-7-9-17-5)15-8-10-18(16)12(2,3)4;/h6-10H2,1-5H3,(H2,13,14,15);1H. The SMILES string of the molecule is CCNC(=NCCSC)NCCS(=O)C(C)(C)C.I. The highest BCUT2D eigenvalue weighted by molar-refractivity contribution is 14.0. The van der Waals surface area contributed by atoms with Crippen molar-refractivity contribution in [3.8, 4) is 0 Å². The Balaban J connectivity index is 0. The maximum atomic E-state index is 11.9. The predicted octanol–water partition coefficient (Wildman–Crippen LogP) is 2.07. The lowest BCUT2D eigenvalue weighted by atomic mass is 10.3. The van der Waals surface area contributed by atoms with E-state index in [2.05, 4.69) is 21.9 Å². The quantitative estimate of drug-likeness (QED) is 0.286. The molecular formula is C12H28IN3OS2. The molecule has 0 amide bonds.